The maximum atomic E-state index is 13.6. The third-order valence-corrected chi connectivity index (χ3v) is 3.85. The van der Waals surface area contributed by atoms with Crippen molar-refractivity contribution in [1.82, 2.24) is 0 Å². The Bertz CT molecular complexity index is 649. The van der Waals surface area contributed by atoms with E-state index in [1.807, 2.05) is 6.07 Å². The van der Waals surface area contributed by atoms with Crippen molar-refractivity contribution >= 4 is 55.8 Å². The Labute approximate surface area is 131 Å². The fourth-order valence-electron chi connectivity index (χ4n) is 1.49. The Morgan fingerprint density at radius 1 is 1.26 bits per heavy atom. The SMILES string of the molecule is Nc1ccc(NC(=O)c2cc(Br)ccc2I)c(F)c1. The Hall–Kier alpha value is -1.15. The van der Waals surface area contributed by atoms with Crippen molar-refractivity contribution in [2.45, 2.75) is 0 Å². The highest BCUT2D eigenvalue weighted by molar-refractivity contribution is 14.1. The van der Waals surface area contributed by atoms with E-state index in [0.29, 0.717) is 11.3 Å². The number of hydrogen-bond acceptors (Lipinski definition) is 2. The van der Waals surface area contributed by atoms with Gasteiger partial charge in [-0.15, -0.1) is 0 Å². The summed E-state index contributed by atoms with van der Waals surface area (Å²) >= 11 is 5.35. The van der Waals surface area contributed by atoms with Crippen molar-refractivity contribution in [1.29, 1.82) is 0 Å². The number of carbonyl (C=O) groups excluding carboxylic acids is 1. The first-order valence-electron chi connectivity index (χ1n) is 5.29. The zero-order valence-electron chi connectivity index (χ0n) is 9.58. The van der Waals surface area contributed by atoms with E-state index >= 15 is 0 Å². The molecule has 0 radical (unpaired) electrons. The zero-order chi connectivity index (χ0) is 14.0. The highest BCUT2D eigenvalue weighted by Gasteiger charge is 2.13. The van der Waals surface area contributed by atoms with Gasteiger partial charge in [-0.2, -0.15) is 0 Å². The molecule has 0 spiro atoms. The van der Waals surface area contributed by atoms with Gasteiger partial charge in [-0.3, -0.25) is 4.79 Å². The molecule has 2 aromatic carbocycles. The molecule has 2 aromatic rings. The molecule has 3 nitrogen and oxygen atoms in total. The molecule has 0 saturated heterocycles. The number of halogens is 3. The van der Waals surface area contributed by atoms with Crippen molar-refractivity contribution in [3.63, 3.8) is 0 Å². The third kappa shape index (κ3) is 3.44. The molecule has 1 amide bonds. The molecule has 0 saturated carbocycles. The fourth-order valence-corrected chi connectivity index (χ4v) is 2.44. The Morgan fingerprint density at radius 3 is 2.68 bits per heavy atom. The summed E-state index contributed by atoms with van der Waals surface area (Å²) < 4.78 is 15.2. The van der Waals surface area contributed by atoms with E-state index < -0.39 is 5.82 Å². The quantitative estimate of drug-likeness (QED) is 0.553. The van der Waals surface area contributed by atoms with Crippen LogP contribution in [-0.4, -0.2) is 5.91 Å². The minimum absolute atomic E-state index is 0.106. The number of hydrogen-bond donors (Lipinski definition) is 2. The van der Waals surface area contributed by atoms with Crippen LogP contribution in [0.1, 0.15) is 10.4 Å². The minimum atomic E-state index is -0.557. The van der Waals surface area contributed by atoms with E-state index in [0.717, 1.165) is 8.04 Å². The summed E-state index contributed by atoms with van der Waals surface area (Å²) in [5, 5.41) is 2.53. The van der Waals surface area contributed by atoms with E-state index in [1.54, 1.807) is 12.1 Å². The van der Waals surface area contributed by atoms with Crippen molar-refractivity contribution in [2.75, 3.05) is 11.1 Å². The van der Waals surface area contributed by atoms with Crippen LogP contribution in [-0.2, 0) is 0 Å². The predicted octanol–water partition coefficient (Wildman–Crippen LogP) is 4.03. The van der Waals surface area contributed by atoms with Gasteiger partial charge >= 0.3 is 0 Å². The van der Waals surface area contributed by atoms with Gasteiger partial charge in [0.25, 0.3) is 5.91 Å². The number of amides is 1. The third-order valence-electron chi connectivity index (χ3n) is 2.41. The van der Waals surface area contributed by atoms with Crippen LogP contribution in [0.3, 0.4) is 0 Å². The maximum absolute atomic E-state index is 13.6. The second-order valence-electron chi connectivity index (χ2n) is 3.82. The molecule has 0 fully saturated rings. The normalized spacial score (nSPS) is 10.3. The van der Waals surface area contributed by atoms with Crippen LogP contribution in [0.25, 0.3) is 0 Å². The summed E-state index contributed by atoms with van der Waals surface area (Å²) in [4.78, 5) is 12.1. The zero-order valence-corrected chi connectivity index (χ0v) is 13.3. The van der Waals surface area contributed by atoms with Crippen LogP contribution < -0.4 is 11.1 Å². The Balaban J connectivity index is 2.28. The lowest BCUT2D eigenvalue weighted by Crippen LogP contribution is -2.14. The molecule has 19 heavy (non-hydrogen) atoms. The van der Waals surface area contributed by atoms with E-state index in [4.69, 9.17) is 5.73 Å². The van der Waals surface area contributed by atoms with Crippen LogP contribution in [0.2, 0.25) is 0 Å². The van der Waals surface area contributed by atoms with Gasteiger partial charge < -0.3 is 11.1 Å². The molecule has 3 N–H and O–H groups in total. The van der Waals surface area contributed by atoms with Crippen molar-refractivity contribution in [2.24, 2.45) is 0 Å². The molecule has 0 bridgehead atoms. The highest BCUT2D eigenvalue weighted by atomic mass is 127. The molecule has 98 valence electrons. The van der Waals surface area contributed by atoms with Gasteiger partial charge in [-0.1, -0.05) is 15.9 Å². The number of rotatable bonds is 2. The average molecular weight is 435 g/mol. The lowest BCUT2D eigenvalue weighted by molar-refractivity contribution is 0.102. The summed E-state index contributed by atoms with van der Waals surface area (Å²) in [6.07, 6.45) is 0. The number of carbonyl (C=O) groups is 1. The summed E-state index contributed by atoms with van der Waals surface area (Å²) in [7, 11) is 0. The highest BCUT2D eigenvalue weighted by Crippen LogP contribution is 2.21. The van der Waals surface area contributed by atoms with E-state index in [1.165, 1.54) is 18.2 Å². The largest absolute Gasteiger partial charge is 0.399 e. The number of nitrogen functional groups attached to an aromatic ring is 1. The van der Waals surface area contributed by atoms with Crippen LogP contribution in [0, 0.1) is 9.39 Å². The number of nitrogens with one attached hydrogen (secondary N) is 1. The lowest BCUT2D eigenvalue weighted by atomic mass is 10.2. The second kappa shape index (κ2) is 5.87. The average Bonchev–Trinajstić information content (AvgIpc) is 2.35. The molecule has 0 aliphatic heterocycles. The number of anilines is 2. The van der Waals surface area contributed by atoms with Crippen LogP contribution >= 0.6 is 38.5 Å². The van der Waals surface area contributed by atoms with Gasteiger partial charge in [0.05, 0.1) is 11.3 Å². The van der Waals surface area contributed by atoms with Gasteiger partial charge in [0, 0.05) is 13.7 Å². The fraction of sp³-hybridized carbons (Fsp3) is 0. The molecule has 6 heteroatoms. The molecule has 2 rings (SSSR count). The Morgan fingerprint density at radius 2 is 2.00 bits per heavy atom. The van der Waals surface area contributed by atoms with Crippen molar-refractivity contribution in [3.05, 3.63) is 55.8 Å². The van der Waals surface area contributed by atoms with Crippen LogP contribution in [0.4, 0.5) is 15.8 Å². The van der Waals surface area contributed by atoms with Crippen molar-refractivity contribution in [3.8, 4) is 0 Å². The number of benzene rings is 2. The first kappa shape index (κ1) is 14.3. The monoisotopic (exact) mass is 434 g/mol. The molecular formula is C13H9BrFIN2O. The first-order valence-corrected chi connectivity index (χ1v) is 7.16. The standard InChI is InChI=1S/C13H9BrFIN2O/c14-7-1-3-11(16)9(5-7)13(19)18-12-4-2-8(17)6-10(12)15/h1-6H,17H2,(H,18,19). The summed E-state index contributed by atoms with van der Waals surface area (Å²) in [6, 6.07) is 9.47. The van der Waals surface area contributed by atoms with Gasteiger partial charge in [-0.25, -0.2) is 4.39 Å². The van der Waals surface area contributed by atoms with Gasteiger partial charge in [0.1, 0.15) is 5.82 Å². The molecule has 0 heterocycles. The van der Waals surface area contributed by atoms with Crippen molar-refractivity contribution < 1.29 is 9.18 Å². The topological polar surface area (TPSA) is 55.1 Å². The summed E-state index contributed by atoms with van der Waals surface area (Å²) in [5.41, 5.74) is 6.35. The van der Waals surface area contributed by atoms with Crippen LogP contribution in [0.5, 0.6) is 0 Å². The first-order chi connectivity index (χ1) is 8.97. The molecule has 0 atom stereocenters. The Kier molecular flexibility index (Phi) is 4.41. The lowest BCUT2D eigenvalue weighted by Gasteiger charge is -2.08. The van der Waals surface area contributed by atoms with Gasteiger partial charge in [-0.05, 0) is 59.0 Å². The van der Waals surface area contributed by atoms with Crippen LogP contribution in [0.15, 0.2) is 40.9 Å². The van der Waals surface area contributed by atoms with Gasteiger partial charge in [0.2, 0.25) is 0 Å². The number of nitrogens with two attached hydrogens (primary N) is 1. The summed E-state index contributed by atoms with van der Waals surface area (Å²) in [5.74, 6) is -0.923. The maximum Gasteiger partial charge on any atom is 0.256 e. The minimum Gasteiger partial charge on any atom is -0.399 e. The summed E-state index contributed by atoms with van der Waals surface area (Å²) in [6.45, 7) is 0. The molecule has 0 unspecified atom stereocenters. The molecule has 0 aromatic heterocycles. The molecular weight excluding hydrogens is 426 g/mol. The smallest absolute Gasteiger partial charge is 0.256 e. The van der Waals surface area contributed by atoms with Gasteiger partial charge in [0.15, 0.2) is 0 Å². The van der Waals surface area contributed by atoms with E-state index in [-0.39, 0.29) is 11.6 Å². The molecule has 0 aliphatic carbocycles. The van der Waals surface area contributed by atoms with E-state index in [9.17, 15) is 9.18 Å². The molecule has 0 aliphatic rings. The predicted molar refractivity (Wildman–Crippen MR) is 85.6 cm³/mol. The van der Waals surface area contributed by atoms with E-state index in [2.05, 4.69) is 43.8 Å². The second-order valence-corrected chi connectivity index (χ2v) is 5.90.